The molecule has 1 atom stereocenters. The molecular formula is C19H23NO2. The van der Waals surface area contributed by atoms with Gasteiger partial charge in [-0.25, -0.2) is 0 Å². The van der Waals surface area contributed by atoms with Gasteiger partial charge in [-0.3, -0.25) is 4.79 Å². The minimum absolute atomic E-state index is 0.0491. The number of fused-ring (bicyclic) bond motifs is 1. The molecule has 2 aromatic rings. The third kappa shape index (κ3) is 2.68. The van der Waals surface area contributed by atoms with Crippen LogP contribution in [0.5, 0.6) is 5.75 Å². The Hall–Kier alpha value is -2.03. The Labute approximate surface area is 131 Å². The Morgan fingerprint density at radius 3 is 2.27 bits per heavy atom. The summed E-state index contributed by atoms with van der Waals surface area (Å²) in [5.74, 6) is 0.421. The maximum absolute atomic E-state index is 13.0. The van der Waals surface area contributed by atoms with Crippen molar-refractivity contribution in [3.8, 4) is 5.75 Å². The van der Waals surface area contributed by atoms with Crippen LogP contribution >= 0.6 is 0 Å². The lowest BCUT2D eigenvalue weighted by Gasteiger charge is -2.32. The van der Waals surface area contributed by atoms with E-state index < -0.39 is 0 Å². The molecule has 2 aromatic carbocycles. The van der Waals surface area contributed by atoms with Crippen LogP contribution in [0.15, 0.2) is 36.4 Å². The second-order valence-corrected chi connectivity index (χ2v) is 6.64. The van der Waals surface area contributed by atoms with Gasteiger partial charge in [0.25, 0.3) is 5.91 Å². The topological polar surface area (TPSA) is 40.5 Å². The normalized spacial score (nSPS) is 16.0. The Bertz CT molecular complexity index is 704. The minimum atomic E-state index is -0.0491. The van der Waals surface area contributed by atoms with E-state index in [4.69, 9.17) is 0 Å². The average molecular weight is 297 g/mol. The molecule has 116 valence electrons. The lowest BCUT2D eigenvalue weighted by Crippen LogP contribution is -2.43. The summed E-state index contributed by atoms with van der Waals surface area (Å²) >= 11 is 0. The van der Waals surface area contributed by atoms with E-state index in [9.17, 15) is 9.90 Å². The molecule has 1 aliphatic rings. The van der Waals surface area contributed by atoms with Crippen molar-refractivity contribution in [3.05, 3.63) is 42.0 Å². The van der Waals surface area contributed by atoms with Gasteiger partial charge in [0.15, 0.2) is 0 Å². The van der Waals surface area contributed by atoms with Crippen LogP contribution in [0.1, 0.15) is 44.0 Å². The quantitative estimate of drug-likeness (QED) is 0.919. The fourth-order valence-corrected chi connectivity index (χ4v) is 2.90. The molecule has 0 bridgehead atoms. The Kier molecular flexibility index (Phi) is 3.81. The Morgan fingerprint density at radius 1 is 1.14 bits per heavy atom. The number of carbonyl (C=O) groups excluding carboxylic acids is 1. The summed E-state index contributed by atoms with van der Waals surface area (Å²) in [6.07, 6.45) is 2.13. The molecule has 0 spiro atoms. The van der Waals surface area contributed by atoms with Gasteiger partial charge < -0.3 is 10.0 Å². The zero-order valence-corrected chi connectivity index (χ0v) is 13.4. The minimum Gasteiger partial charge on any atom is -0.507 e. The summed E-state index contributed by atoms with van der Waals surface area (Å²) in [6, 6.07) is 11.8. The maximum atomic E-state index is 13.0. The van der Waals surface area contributed by atoms with Crippen molar-refractivity contribution in [1.82, 2.24) is 4.90 Å². The van der Waals surface area contributed by atoms with Crippen molar-refractivity contribution in [2.75, 3.05) is 0 Å². The molecule has 0 saturated heterocycles. The van der Waals surface area contributed by atoms with Gasteiger partial charge in [0, 0.05) is 12.1 Å². The first-order valence-corrected chi connectivity index (χ1v) is 8.03. The van der Waals surface area contributed by atoms with Crippen molar-refractivity contribution < 1.29 is 9.90 Å². The summed E-state index contributed by atoms with van der Waals surface area (Å²) in [5, 5.41) is 12.2. The third-order valence-corrected chi connectivity index (χ3v) is 4.67. The highest BCUT2D eigenvalue weighted by molar-refractivity contribution is 6.01. The fraction of sp³-hybridized carbons (Fsp3) is 0.421. The summed E-state index contributed by atoms with van der Waals surface area (Å²) in [4.78, 5) is 15.0. The monoisotopic (exact) mass is 297 g/mol. The van der Waals surface area contributed by atoms with Crippen LogP contribution in [0, 0.1) is 5.92 Å². The van der Waals surface area contributed by atoms with Crippen LogP contribution in [-0.2, 0) is 0 Å². The first-order valence-electron chi connectivity index (χ1n) is 8.03. The molecule has 0 aromatic heterocycles. The third-order valence-electron chi connectivity index (χ3n) is 4.67. The highest BCUT2D eigenvalue weighted by Crippen LogP contribution is 2.34. The smallest absolute Gasteiger partial charge is 0.258 e. The van der Waals surface area contributed by atoms with E-state index in [1.165, 1.54) is 0 Å². The lowest BCUT2D eigenvalue weighted by atomic mass is 10.0. The van der Waals surface area contributed by atoms with Gasteiger partial charge in [0.1, 0.15) is 5.75 Å². The standard InChI is InChI=1S/C19H23NO2/c1-12(2)13(3)20(16-8-9-16)19(22)17-10-14-6-4-5-7-15(14)11-18(17)21/h4-7,10-13,16,21H,8-9H2,1-3H3. The first kappa shape index (κ1) is 14.9. The zero-order valence-electron chi connectivity index (χ0n) is 13.4. The second-order valence-electron chi connectivity index (χ2n) is 6.64. The number of hydrogen-bond acceptors (Lipinski definition) is 2. The number of amides is 1. The van der Waals surface area contributed by atoms with Crippen LogP contribution in [0.4, 0.5) is 0 Å². The predicted octanol–water partition coefficient (Wildman–Crippen LogP) is 4.19. The van der Waals surface area contributed by atoms with Gasteiger partial charge in [-0.1, -0.05) is 38.1 Å². The molecule has 1 N–H and O–H groups in total. The van der Waals surface area contributed by atoms with Crippen molar-refractivity contribution in [2.24, 2.45) is 5.92 Å². The molecule has 22 heavy (non-hydrogen) atoms. The number of aromatic hydroxyl groups is 1. The SMILES string of the molecule is CC(C)C(C)N(C(=O)c1cc2ccccc2cc1O)C1CC1. The molecule has 0 radical (unpaired) electrons. The molecule has 1 aliphatic carbocycles. The van der Waals surface area contributed by atoms with Gasteiger partial charge in [-0.15, -0.1) is 0 Å². The van der Waals surface area contributed by atoms with E-state index in [0.717, 1.165) is 23.6 Å². The fourth-order valence-electron chi connectivity index (χ4n) is 2.90. The summed E-state index contributed by atoms with van der Waals surface area (Å²) in [5.41, 5.74) is 0.415. The molecule has 1 saturated carbocycles. The molecule has 3 heteroatoms. The Morgan fingerprint density at radius 2 is 1.73 bits per heavy atom. The van der Waals surface area contributed by atoms with Crippen molar-refractivity contribution in [1.29, 1.82) is 0 Å². The highest BCUT2D eigenvalue weighted by atomic mass is 16.3. The van der Waals surface area contributed by atoms with E-state index in [-0.39, 0.29) is 17.7 Å². The number of nitrogens with zero attached hydrogens (tertiary/aromatic N) is 1. The van der Waals surface area contributed by atoms with Crippen LogP contribution in [-0.4, -0.2) is 28.0 Å². The van der Waals surface area contributed by atoms with Crippen molar-refractivity contribution >= 4 is 16.7 Å². The van der Waals surface area contributed by atoms with Crippen LogP contribution < -0.4 is 0 Å². The van der Waals surface area contributed by atoms with Gasteiger partial charge >= 0.3 is 0 Å². The summed E-state index contributed by atoms with van der Waals surface area (Å²) in [6.45, 7) is 6.36. The highest BCUT2D eigenvalue weighted by Gasteiger charge is 2.37. The molecule has 3 rings (SSSR count). The number of hydrogen-bond donors (Lipinski definition) is 1. The van der Waals surface area contributed by atoms with Crippen LogP contribution in [0.2, 0.25) is 0 Å². The van der Waals surface area contributed by atoms with Crippen LogP contribution in [0.25, 0.3) is 10.8 Å². The molecule has 1 amide bonds. The van der Waals surface area contributed by atoms with Crippen molar-refractivity contribution in [2.45, 2.75) is 45.7 Å². The van der Waals surface area contributed by atoms with Crippen LogP contribution in [0.3, 0.4) is 0 Å². The summed E-state index contributed by atoms with van der Waals surface area (Å²) < 4.78 is 0. The Balaban J connectivity index is 2.01. The maximum Gasteiger partial charge on any atom is 0.258 e. The molecule has 1 fully saturated rings. The van der Waals surface area contributed by atoms with E-state index >= 15 is 0 Å². The van der Waals surface area contributed by atoms with E-state index in [1.807, 2.05) is 35.2 Å². The predicted molar refractivity (Wildman–Crippen MR) is 89.1 cm³/mol. The largest absolute Gasteiger partial charge is 0.507 e. The zero-order chi connectivity index (χ0) is 15.9. The number of phenols is 1. The molecule has 0 heterocycles. The van der Waals surface area contributed by atoms with E-state index in [0.29, 0.717) is 17.5 Å². The van der Waals surface area contributed by atoms with E-state index in [1.54, 1.807) is 6.07 Å². The number of rotatable bonds is 4. The van der Waals surface area contributed by atoms with E-state index in [2.05, 4.69) is 20.8 Å². The van der Waals surface area contributed by atoms with Gasteiger partial charge in [0.2, 0.25) is 0 Å². The molecule has 1 unspecified atom stereocenters. The number of carbonyl (C=O) groups is 1. The molecular weight excluding hydrogens is 274 g/mol. The van der Waals surface area contributed by atoms with Gasteiger partial charge in [-0.05, 0) is 48.6 Å². The first-order chi connectivity index (χ1) is 10.5. The lowest BCUT2D eigenvalue weighted by molar-refractivity contribution is 0.0625. The molecule has 3 nitrogen and oxygen atoms in total. The molecule has 0 aliphatic heterocycles. The number of benzene rings is 2. The van der Waals surface area contributed by atoms with Gasteiger partial charge in [0.05, 0.1) is 5.56 Å². The summed E-state index contributed by atoms with van der Waals surface area (Å²) in [7, 11) is 0. The number of phenolic OH excluding ortho intramolecular Hbond substituents is 1. The van der Waals surface area contributed by atoms with Crippen molar-refractivity contribution in [3.63, 3.8) is 0 Å². The second kappa shape index (κ2) is 5.64. The average Bonchev–Trinajstić information content (AvgIpc) is 3.31. The van der Waals surface area contributed by atoms with Gasteiger partial charge in [-0.2, -0.15) is 0 Å².